The van der Waals surface area contributed by atoms with E-state index >= 15 is 0 Å². The molecule has 0 aromatic carbocycles. The predicted octanol–water partition coefficient (Wildman–Crippen LogP) is 4.34. The summed E-state index contributed by atoms with van der Waals surface area (Å²) in [4.78, 5) is 0. The third-order valence-corrected chi connectivity index (χ3v) is 3.41. The molecule has 0 spiro atoms. The Morgan fingerprint density at radius 1 is 1.54 bits per heavy atom. The van der Waals surface area contributed by atoms with Crippen molar-refractivity contribution in [3.8, 4) is 0 Å². The molecule has 1 aliphatic rings. The van der Waals surface area contributed by atoms with E-state index in [1.807, 2.05) is 6.08 Å². The van der Waals surface area contributed by atoms with E-state index in [1.54, 1.807) is 0 Å². The summed E-state index contributed by atoms with van der Waals surface area (Å²) < 4.78 is 0. The van der Waals surface area contributed by atoms with Gasteiger partial charge in [0.25, 0.3) is 0 Å². The summed E-state index contributed by atoms with van der Waals surface area (Å²) in [6, 6.07) is 0. The van der Waals surface area contributed by atoms with Crippen LogP contribution < -0.4 is 0 Å². The van der Waals surface area contributed by atoms with Crippen LogP contribution in [0.3, 0.4) is 0 Å². The third-order valence-electron chi connectivity index (χ3n) is 3.41. The first kappa shape index (κ1) is 10.6. The molecule has 1 fully saturated rings. The van der Waals surface area contributed by atoms with Gasteiger partial charge in [-0.05, 0) is 43.4 Å². The Bertz CT molecular complexity index is 198. The van der Waals surface area contributed by atoms with Gasteiger partial charge in [0.2, 0.25) is 0 Å². The van der Waals surface area contributed by atoms with E-state index in [4.69, 9.17) is 0 Å². The quantitative estimate of drug-likeness (QED) is 0.564. The summed E-state index contributed by atoms with van der Waals surface area (Å²) in [5, 5.41) is 0. The van der Waals surface area contributed by atoms with Gasteiger partial charge in [-0.1, -0.05) is 32.1 Å². The average Bonchev–Trinajstić information content (AvgIpc) is 2.02. The summed E-state index contributed by atoms with van der Waals surface area (Å²) in [6.07, 6.45) is 8.33. The molecule has 0 aromatic heterocycles. The van der Waals surface area contributed by atoms with Crippen LogP contribution in [0.4, 0.5) is 0 Å². The number of allylic oxidation sites excluding steroid dienone is 2. The largest absolute Gasteiger partial charge is 0.103 e. The molecule has 0 radical (unpaired) electrons. The van der Waals surface area contributed by atoms with Crippen LogP contribution in [0.5, 0.6) is 0 Å². The first-order valence-electron chi connectivity index (χ1n) is 5.36. The Hall–Kier alpha value is -0.520. The summed E-state index contributed by atoms with van der Waals surface area (Å²) in [5.41, 5.74) is 1.94. The molecule has 0 amide bonds. The van der Waals surface area contributed by atoms with Crippen molar-refractivity contribution in [2.75, 3.05) is 0 Å². The number of hydrogen-bond donors (Lipinski definition) is 0. The first-order valence-corrected chi connectivity index (χ1v) is 5.36. The highest BCUT2D eigenvalue weighted by molar-refractivity contribution is 5.09. The van der Waals surface area contributed by atoms with E-state index in [0.29, 0.717) is 5.41 Å². The lowest BCUT2D eigenvalue weighted by Crippen LogP contribution is -2.29. The minimum absolute atomic E-state index is 0.471. The zero-order valence-electron chi connectivity index (χ0n) is 9.10. The van der Waals surface area contributed by atoms with Crippen LogP contribution in [0.2, 0.25) is 0 Å². The summed E-state index contributed by atoms with van der Waals surface area (Å²) in [6.45, 7) is 12.8. The van der Waals surface area contributed by atoms with E-state index in [9.17, 15) is 0 Å². The molecular weight excluding hydrogens is 156 g/mol. The molecule has 0 heteroatoms. The van der Waals surface area contributed by atoms with Gasteiger partial charge >= 0.3 is 0 Å². The van der Waals surface area contributed by atoms with Crippen molar-refractivity contribution in [3.05, 3.63) is 24.8 Å². The molecule has 1 unspecified atom stereocenters. The molecule has 1 saturated carbocycles. The van der Waals surface area contributed by atoms with Crippen LogP contribution in [0.15, 0.2) is 24.8 Å². The molecule has 0 nitrogen and oxygen atoms in total. The van der Waals surface area contributed by atoms with Crippen LogP contribution in [0, 0.1) is 11.3 Å². The number of rotatable bonds is 3. The van der Waals surface area contributed by atoms with Gasteiger partial charge < -0.3 is 0 Å². The molecule has 0 N–H and O–H groups in total. The summed E-state index contributed by atoms with van der Waals surface area (Å²) in [5.74, 6) is 0.722. The Morgan fingerprint density at radius 3 is 2.77 bits per heavy atom. The minimum atomic E-state index is 0.471. The normalized spacial score (nSPS) is 27.2. The third kappa shape index (κ3) is 2.46. The highest BCUT2D eigenvalue weighted by Gasteiger charge is 2.33. The smallest absolute Gasteiger partial charge is 0.0152 e. The maximum atomic E-state index is 4.21. The van der Waals surface area contributed by atoms with Crippen molar-refractivity contribution >= 4 is 0 Å². The summed E-state index contributed by atoms with van der Waals surface area (Å²) in [7, 11) is 0. The van der Waals surface area contributed by atoms with E-state index in [-0.39, 0.29) is 0 Å². The SMILES string of the molecule is C=CCCC1C(=C)CCCC1(C)C. The predicted molar refractivity (Wildman–Crippen MR) is 59.7 cm³/mol. The molecule has 74 valence electrons. The van der Waals surface area contributed by atoms with E-state index in [1.165, 1.54) is 31.3 Å². The highest BCUT2D eigenvalue weighted by atomic mass is 14.4. The molecule has 0 saturated heterocycles. The zero-order chi connectivity index (χ0) is 9.90. The average molecular weight is 178 g/mol. The van der Waals surface area contributed by atoms with Gasteiger partial charge in [0, 0.05) is 0 Å². The van der Waals surface area contributed by atoms with E-state index < -0.39 is 0 Å². The topological polar surface area (TPSA) is 0 Å². The Balaban J connectivity index is 2.63. The maximum Gasteiger partial charge on any atom is -0.0152 e. The lowest BCUT2D eigenvalue weighted by Gasteiger charge is -2.40. The van der Waals surface area contributed by atoms with Crippen LogP contribution in [0.25, 0.3) is 0 Å². The van der Waals surface area contributed by atoms with Crippen LogP contribution in [-0.2, 0) is 0 Å². The monoisotopic (exact) mass is 178 g/mol. The highest BCUT2D eigenvalue weighted by Crippen LogP contribution is 2.45. The Morgan fingerprint density at radius 2 is 2.23 bits per heavy atom. The molecule has 0 aromatic rings. The van der Waals surface area contributed by atoms with Gasteiger partial charge in [-0.25, -0.2) is 0 Å². The molecule has 0 aliphatic heterocycles. The van der Waals surface area contributed by atoms with Crippen molar-refractivity contribution in [3.63, 3.8) is 0 Å². The van der Waals surface area contributed by atoms with Crippen molar-refractivity contribution < 1.29 is 0 Å². The second-order valence-electron chi connectivity index (χ2n) is 4.92. The van der Waals surface area contributed by atoms with Gasteiger partial charge in [0.1, 0.15) is 0 Å². The molecule has 0 bridgehead atoms. The fourth-order valence-electron chi connectivity index (χ4n) is 2.55. The van der Waals surface area contributed by atoms with Crippen molar-refractivity contribution in [1.29, 1.82) is 0 Å². The molecule has 1 aliphatic carbocycles. The van der Waals surface area contributed by atoms with E-state index in [2.05, 4.69) is 27.0 Å². The van der Waals surface area contributed by atoms with Crippen LogP contribution >= 0.6 is 0 Å². The van der Waals surface area contributed by atoms with Gasteiger partial charge in [-0.3, -0.25) is 0 Å². The number of hydrogen-bond acceptors (Lipinski definition) is 0. The van der Waals surface area contributed by atoms with Gasteiger partial charge in [0.05, 0.1) is 0 Å². The Labute approximate surface area is 82.7 Å². The zero-order valence-corrected chi connectivity index (χ0v) is 9.10. The molecular formula is C13H22. The maximum absolute atomic E-state index is 4.21. The van der Waals surface area contributed by atoms with Gasteiger partial charge in [-0.2, -0.15) is 0 Å². The minimum Gasteiger partial charge on any atom is -0.103 e. The molecule has 1 atom stereocenters. The van der Waals surface area contributed by atoms with Crippen LogP contribution in [0.1, 0.15) is 46.0 Å². The van der Waals surface area contributed by atoms with E-state index in [0.717, 1.165) is 12.3 Å². The molecule has 1 rings (SSSR count). The van der Waals surface area contributed by atoms with Crippen molar-refractivity contribution in [2.45, 2.75) is 46.0 Å². The van der Waals surface area contributed by atoms with Crippen molar-refractivity contribution in [1.82, 2.24) is 0 Å². The summed E-state index contributed by atoms with van der Waals surface area (Å²) >= 11 is 0. The standard InChI is InChI=1S/C13H22/c1-5-6-9-12-11(2)8-7-10-13(12,3)4/h5,12H,1-2,6-10H2,3-4H3. The lowest BCUT2D eigenvalue weighted by molar-refractivity contribution is 0.181. The van der Waals surface area contributed by atoms with Crippen LogP contribution in [-0.4, -0.2) is 0 Å². The fourth-order valence-corrected chi connectivity index (χ4v) is 2.55. The molecule has 13 heavy (non-hydrogen) atoms. The van der Waals surface area contributed by atoms with Crippen molar-refractivity contribution in [2.24, 2.45) is 11.3 Å². The fraction of sp³-hybridized carbons (Fsp3) is 0.692. The molecule has 0 heterocycles. The Kier molecular flexibility index (Phi) is 3.35. The first-order chi connectivity index (χ1) is 6.08. The van der Waals surface area contributed by atoms with Gasteiger partial charge in [-0.15, -0.1) is 6.58 Å². The second-order valence-corrected chi connectivity index (χ2v) is 4.92. The van der Waals surface area contributed by atoms with Gasteiger partial charge in [0.15, 0.2) is 0 Å². The lowest BCUT2D eigenvalue weighted by atomic mass is 9.65. The second kappa shape index (κ2) is 4.13.